The van der Waals surface area contributed by atoms with Gasteiger partial charge in [0.25, 0.3) is 0 Å². The number of nitrogens with two attached hydrogens (primary N) is 1. The Morgan fingerprint density at radius 2 is 1.86 bits per heavy atom. The lowest BCUT2D eigenvalue weighted by Crippen LogP contribution is -2.09. The molecular formula is C18H22ClNO2. The lowest BCUT2D eigenvalue weighted by Gasteiger charge is -2.15. The van der Waals surface area contributed by atoms with Crippen molar-refractivity contribution < 1.29 is 9.47 Å². The highest BCUT2D eigenvalue weighted by molar-refractivity contribution is 5.85. The number of halogens is 1. The average molecular weight is 320 g/mol. The molecule has 3 nitrogen and oxygen atoms in total. The molecule has 0 unspecified atom stereocenters. The second-order valence-electron chi connectivity index (χ2n) is 4.82. The Balaban J connectivity index is 0.00000242. The monoisotopic (exact) mass is 319 g/mol. The van der Waals surface area contributed by atoms with Crippen molar-refractivity contribution in [3.63, 3.8) is 0 Å². The second kappa shape index (κ2) is 9.13. The van der Waals surface area contributed by atoms with Crippen LogP contribution in [0.15, 0.2) is 61.2 Å². The number of rotatable bonds is 7. The Hall–Kier alpha value is -1.97. The fourth-order valence-corrected chi connectivity index (χ4v) is 2.09. The summed E-state index contributed by atoms with van der Waals surface area (Å²) in [5, 5.41) is 0. The van der Waals surface area contributed by atoms with Gasteiger partial charge in [0.05, 0.1) is 7.11 Å². The third-order valence-electron chi connectivity index (χ3n) is 3.27. The topological polar surface area (TPSA) is 44.5 Å². The summed E-state index contributed by atoms with van der Waals surface area (Å²) in [6, 6.07) is 15.8. The van der Waals surface area contributed by atoms with Gasteiger partial charge in [-0.2, -0.15) is 0 Å². The highest BCUT2D eigenvalue weighted by Gasteiger charge is 2.10. The van der Waals surface area contributed by atoms with E-state index in [2.05, 4.69) is 6.58 Å². The summed E-state index contributed by atoms with van der Waals surface area (Å²) in [5.74, 6) is 1.42. The molecule has 4 heteroatoms. The van der Waals surface area contributed by atoms with Crippen molar-refractivity contribution >= 4 is 12.4 Å². The van der Waals surface area contributed by atoms with Gasteiger partial charge >= 0.3 is 0 Å². The van der Waals surface area contributed by atoms with Crippen LogP contribution in [0.4, 0.5) is 0 Å². The van der Waals surface area contributed by atoms with Crippen molar-refractivity contribution in [2.45, 2.75) is 19.1 Å². The molecule has 118 valence electrons. The van der Waals surface area contributed by atoms with Gasteiger partial charge in [-0.25, -0.2) is 0 Å². The molecule has 2 N–H and O–H groups in total. The molecule has 0 aliphatic rings. The quantitative estimate of drug-likeness (QED) is 0.775. The van der Waals surface area contributed by atoms with Gasteiger partial charge in [0.15, 0.2) is 11.5 Å². The van der Waals surface area contributed by atoms with Gasteiger partial charge < -0.3 is 15.2 Å². The van der Waals surface area contributed by atoms with E-state index in [1.165, 1.54) is 0 Å². The first kappa shape index (κ1) is 18.1. The molecule has 0 heterocycles. The maximum Gasteiger partial charge on any atom is 0.161 e. The molecule has 0 spiro atoms. The number of ether oxygens (including phenoxy) is 2. The van der Waals surface area contributed by atoms with Crippen LogP contribution in [0.2, 0.25) is 0 Å². The molecule has 0 saturated heterocycles. The zero-order valence-electron chi connectivity index (χ0n) is 12.7. The summed E-state index contributed by atoms with van der Waals surface area (Å²) < 4.78 is 11.2. The second-order valence-corrected chi connectivity index (χ2v) is 4.82. The van der Waals surface area contributed by atoms with E-state index >= 15 is 0 Å². The van der Waals surface area contributed by atoms with Gasteiger partial charge in [-0.1, -0.05) is 42.5 Å². The van der Waals surface area contributed by atoms with Gasteiger partial charge in [-0.3, -0.25) is 0 Å². The largest absolute Gasteiger partial charge is 0.493 e. The van der Waals surface area contributed by atoms with E-state index in [0.29, 0.717) is 12.4 Å². The van der Waals surface area contributed by atoms with Crippen molar-refractivity contribution in [1.29, 1.82) is 0 Å². The molecule has 0 fully saturated rings. The van der Waals surface area contributed by atoms with Crippen LogP contribution in [0, 0.1) is 0 Å². The van der Waals surface area contributed by atoms with Crippen LogP contribution in [0.25, 0.3) is 0 Å². The Bertz CT molecular complexity index is 587. The normalized spacial score (nSPS) is 11.2. The molecule has 0 amide bonds. The SMILES string of the molecule is C=CC[C@@H](N)c1ccc(OCc2ccccc2)c(OC)c1.Cl. The molecule has 2 rings (SSSR count). The van der Waals surface area contributed by atoms with Crippen molar-refractivity contribution in [3.05, 3.63) is 72.3 Å². The van der Waals surface area contributed by atoms with E-state index < -0.39 is 0 Å². The van der Waals surface area contributed by atoms with Crippen LogP contribution in [0.5, 0.6) is 11.5 Å². The molecule has 1 atom stereocenters. The minimum Gasteiger partial charge on any atom is -0.493 e. The van der Waals surface area contributed by atoms with E-state index in [1.54, 1.807) is 7.11 Å². The lowest BCUT2D eigenvalue weighted by atomic mass is 10.0. The van der Waals surface area contributed by atoms with Crippen LogP contribution < -0.4 is 15.2 Å². The zero-order chi connectivity index (χ0) is 15.1. The summed E-state index contributed by atoms with van der Waals surface area (Å²) in [6.45, 7) is 4.22. The van der Waals surface area contributed by atoms with E-state index in [4.69, 9.17) is 15.2 Å². The maximum atomic E-state index is 6.08. The van der Waals surface area contributed by atoms with Gasteiger partial charge in [0.1, 0.15) is 6.61 Å². The molecule has 0 aliphatic heterocycles. The Morgan fingerprint density at radius 3 is 2.50 bits per heavy atom. The molecule has 0 bridgehead atoms. The molecule has 0 aliphatic carbocycles. The lowest BCUT2D eigenvalue weighted by molar-refractivity contribution is 0.284. The van der Waals surface area contributed by atoms with E-state index in [0.717, 1.165) is 23.3 Å². The minimum atomic E-state index is -0.0698. The van der Waals surface area contributed by atoms with Gasteiger partial charge in [0, 0.05) is 6.04 Å². The first-order chi connectivity index (χ1) is 10.2. The number of hydrogen-bond donors (Lipinski definition) is 1. The van der Waals surface area contributed by atoms with Crippen LogP contribution >= 0.6 is 12.4 Å². The molecule has 0 saturated carbocycles. The summed E-state index contributed by atoms with van der Waals surface area (Å²) in [7, 11) is 1.63. The first-order valence-electron chi connectivity index (χ1n) is 6.95. The summed E-state index contributed by atoms with van der Waals surface area (Å²) in [6.07, 6.45) is 2.55. The molecule has 22 heavy (non-hydrogen) atoms. The summed E-state index contributed by atoms with van der Waals surface area (Å²) in [4.78, 5) is 0. The van der Waals surface area contributed by atoms with Crippen LogP contribution in [-0.2, 0) is 6.61 Å². The first-order valence-corrected chi connectivity index (χ1v) is 6.95. The minimum absolute atomic E-state index is 0. The predicted octanol–water partition coefficient (Wildman–Crippen LogP) is 4.27. The zero-order valence-corrected chi connectivity index (χ0v) is 13.5. The smallest absolute Gasteiger partial charge is 0.161 e. The molecule has 2 aromatic rings. The fourth-order valence-electron chi connectivity index (χ4n) is 2.09. The highest BCUT2D eigenvalue weighted by Crippen LogP contribution is 2.31. The Kier molecular flexibility index (Phi) is 7.50. The molecule has 0 aromatic heterocycles. The van der Waals surface area contributed by atoms with Crippen molar-refractivity contribution in [2.75, 3.05) is 7.11 Å². The van der Waals surface area contributed by atoms with Gasteiger partial charge in [-0.05, 0) is 29.7 Å². The summed E-state index contributed by atoms with van der Waals surface area (Å²) in [5.41, 5.74) is 8.21. The average Bonchev–Trinajstić information content (AvgIpc) is 2.54. The van der Waals surface area contributed by atoms with Crippen molar-refractivity contribution in [3.8, 4) is 11.5 Å². The Morgan fingerprint density at radius 1 is 1.14 bits per heavy atom. The molecule has 2 aromatic carbocycles. The standard InChI is InChI=1S/C18H21NO2.ClH/c1-3-7-16(19)15-10-11-17(18(12-15)20-2)21-13-14-8-5-4-6-9-14;/h3-6,8-12,16H,1,7,13,19H2,2H3;1H/t16-;/m1./s1. The Labute approximate surface area is 138 Å². The van der Waals surface area contributed by atoms with E-state index in [-0.39, 0.29) is 18.4 Å². The van der Waals surface area contributed by atoms with Gasteiger partial charge in [0.2, 0.25) is 0 Å². The van der Waals surface area contributed by atoms with Crippen molar-refractivity contribution in [1.82, 2.24) is 0 Å². The fraction of sp³-hybridized carbons (Fsp3) is 0.222. The van der Waals surface area contributed by atoms with Gasteiger partial charge in [-0.15, -0.1) is 19.0 Å². The van der Waals surface area contributed by atoms with Crippen molar-refractivity contribution in [2.24, 2.45) is 5.73 Å². The van der Waals surface area contributed by atoms with E-state index in [9.17, 15) is 0 Å². The van der Waals surface area contributed by atoms with Crippen LogP contribution in [0.1, 0.15) is 23.6 Å². The van der Waals surface area contributed by atoms with Crippen LogP contribution in [0.3, 0.4) is 0 Å². The number of benzene rings is 2. The molecule has 0 radical (unpaired) electrons. The van der Waals surface area contributed by atoms with Crippen LogP contribution in [-0.4, -0.2) is 7.11 Å². The third kappa shape index (κ3) is 4.79. The van der Waals surface area contributed by atoms with E-state index in [1.807, 2.05) is 54.6 Å². The third-order valence-corrected chi connectivity index (χ3v) is 3.27. The predicted molar refractivity (Wildman–Crippen MR) is 92.8 cm³/mol. The highest BCUT2D eigenvalue weighted by atomic mass is 35.5. The maximum absolute atomic E-state index is 6.08. The number of hydrogen-bond acceptors (Lipinski definition) is 3. The number of methoxy groups -OCH3 is 1. The molecular weight excluding hydrogens is 298 g/mol. The summed E-state index contributed by atoms with van der Waals surface area (Å²) >= 11 is 0.